The number of hydrogen-bond acceptors (Lipinski definition) is 5. The monoisotopic (exact) mass is 378 g/mol. The average molecular weight is 379 g/mol. The van der Waals surface area contributed by atoms with Gasteiger partial charge in [-0.3, -0.25) is 14.9 Å². The quantitative estimate of drug-likeness (QED) is 0.612. The molecule has 0 aliphatic heterocycles. The summed E-state index contributed by atoms with van der Waals surface area (Å²) in [6.45, 7) is 0.0360. The van der Waals surface area contributed by atoms with E-state index in [1.807, 2.05) is 0 Å². The second kappa shape index (κ2) is 8.18. The molecule has 0 bridgehead atoms. The van der Waals surface area contributed by atoms with Crippen LogP contribution < -0.4 is 10.1 Å². The number of rotatable bonds is 6. The molecule has 1 aromatic carbocycles. The number of nitro groups is 1. The Labute approximate surface area is 155 Å². The van der Waals surface area contributed by atoms with E-state index in [1.165, 1.54) is 29.3 Å². The van der Waals surface area contributed by atoms with Gasteiger partial charge in [-0.2, -0.15) is 5.10 Å². The molecule has 0 unspecified atom stereocenters. The maximum atomic E-state index is 12.2. The van der Waals surface area contributed by atoms with Crippen LogP contribution in [0, 0.1) is 10.1 Å². The molecule has 0 radical (unpaired) electrons. The lowest BCUT2D eigenvalue weighted by atomic mass is 9.95. The third-order valence-electron chi connectivity index (χ3n) is 4.29. The summed E-state index contributed by atoms with van der Waals surface area (Å²) in [4.78, 5) is 22.4. The maximum absolute atomic E-state index is 12.2. The maximum Gasteiger partial charge on any atom is 0.271 e. The normalized spacial score (nSPS) is 14.8. The molecule has 1 N–H and O–H groups in total. The fourth-order valence-electron chi connectivity index (χ4n) is 2.92. The number of nitro benzene ring substituents is 1. The van der Waals surface area contributed by atoms with Gasteiger partial charge in [-0.05, 0) is 25.0 Å². The van der Waals surface area contributed by atoms with Crippen molar-refractivity contribution in [3.8, 4) is 5.75 Å². The van der Waals surface area contributed by atoms with Crippen molar-refractivity contribution in [3.05, 3.63) is 51.3 Å². The van der Waals surface area contributed by atoms with Crippen LogP contribution in [0.1, 0.15) is 42.6 Å². The zero-order chi connectivity index (χ0) is 18.5. The highest BCUT2D eigenvalue weighted by Gasteiger charge is 2.18. The number of non-ortho nitro benzene ring substituents is 1. The Morgan fingerprint density at radius 2 is 2.12 bits per heavy atom. The molecule has 2 aromatic rings. The molecule has 0 saturated heterocycles. The molecular formula is C17H19ClN4O4. The summed E-state index contributed by atoms with van der Waals surface area (Å²) >= 11 is 5.98. The standard InChI is InChI=1S/C17H19ClN4O4/c18-14-10-13(22(24)25)6-7-16(14)26-11-21-9-8-15(20-21)17(23)19-12-4-2-1-3-5-12/h6-10,12H,1-5,11H2,(H,19,23). The third-order valence-corrected chi connectivity index (χ3v) is 4.59. The molecular weight excluding hydrogens is 360 g/mol. The number of hydrogen-bond donors (Lipinski definition) is 1. The largest absolute Gasteiger partial charge is 0.470 e. The van der Waals surface area contributed by atoms with Gasteiger partial charge < -0.3 is 10.1 Å². The van der Waals surface area contributed by atoms with E-state index in [0.717, 1.165) is 25.7 Å². The van der Waals surface area contributed by atoms with Gasteiger partial charge in [0.1, 0.15) is 11.4 Å². The summed E-state index contributed by atoms with van der Waals surface area (Å²) in [6, 6.07) is 5.81. The molecule has 0 spiro atoms. The predicted molar refractivity (Wildman–Crippen MR) is 95.3 cm³/mol. The number of benzene rings is 1. The van der Waals surface area contributed by atoms with Gasteiger partial charge in [-0.1, -0.05) is 30.9 Å². The molecule has 1 amide bonds. The van der Waals surface area contributed by atoms with Crippen molar-refractivity contribution in [2.75, 3.05) is 0 Å². The van der Waals surface area contributed by atoms with E-state index in [1.54, 1.807) is 12.3 Å². The Hall–Kier alpha value is -2.61. The molecule has 8 nitrogen and oxygen atoms in total. The molecule has 1 heterocycles. The van der Waals surface area contributed by atoms with Crippen LogP contribution >= 0.6 is 11.6 Å². The number of nitrogens with zero attached hydrogens (tertiary/aromatic N) is 3. The fourth-order valence-corrected chi connectivity index (χ4v) is 3.15. The van der Waals surface area contributed by atoms with Crippen LogP contribution in [0.4, 0.5) is 5.69 Å². The van der Waals surface area contributed by atoms with Crippen LogP contribution in [-0.2, 0) is 6.73 Å². The van der Waals surface area contributed by atoms with Gasteiger partial charge >= 0.3 is 0 Å². The number of amides is 1. The third kappa shape index (κ3) is 4.51. The van der Waals surface area contributed by atoms with E-state index in [2.05, 4.69) is 10.4 Å². The van der Waals surface area contributed by atoms with Crippen molar-refractivity contribution >= 4 is 23.2 Å². The van der Waals surface area contributed by atoms with Crippen molar-refractivity contribution < 1.29 is 14.5 Å². The van der Waals surface area contributed by atoms with Gasteiger partial charge in [-0.15, -0.1) is 0 Å². The van der Waals surface area contributed by atoms with Crippen molar-refractivity contribution in [2.24, 2.45) is 0 Å². The molecule has 1 aliphatic rings. The van der Waals surface area contributed by atoms with Crippen LogP contribution in [0.5, 0.6) is 5.75 Å². The lowest BCUT2D eigenvalue weighted by Crippen LogP contribution is -2.36. The van der Waals surface area contributed by atoms with E-state index in [9.17, 15) is 14.9 Å². The van der Waals surface area contributed by atoms with Crippen LogP contribution in [0.3, 0.4) is 0 Å². The van der Waals surface area contributed by atoms with E-state index in [-0.39, 0.29) is 29.4 Å². The highest BCUT2D eigenvalue weighted by atomic mass is 35.5. The zero-order valence-corrected chi connectivity index (χ0v) is 14.8. The second-order valence-corrected chi connectivity index (χ2v) is 6.60. The van der Waals surface area contributed by atoms with Gasteiger partial charge in [0.05, 0.1) is 9.95 Å². The number of carbonyl (C=O) groups excluding carboxylic acids is 1. The molecule has 1 aliphatic carbocycles. The first-order valence-electron chi connectivity index (χ1n) is 8.44. The first-order valence-corrected chi connectivity index (χ1v) is 8.82. The minimum absolute atomic E-state index is 0.0360. The fraction of sp³-hybridized carbons (Fsp3) is 0.412. The molecule has 0 atom stereocenters. The minimum Gasteiger partial charge on any atom is -0.470 e. The number of aromatic nitrogens is 2. The van der Waals surface area contributed by atoms with E-state index in [0.29, 0.717) is 11.4 Å². The minimum atomic E-state index is -0.527. The summed E-state index contributed by atoms with van der Waals surface area (Å²) < 4.78 is 6.98. The van der Waals surface area contributed by atoms with Crippen molar-refractivity contribution in [3.63, 3.8) is 0 Å². The number of ether oxygens (including phenoxy) is 1. The lowest BCUT2D eigenvalue weighted by molar-refractivity contribution is -0.384. The molecule has 1 saturated carbocycles. The summed E-state index contributed by atoms with van der Waals surface area (Å²) in [6.07, 6.45) is 7.16. The average Bonchev–Trinajstić information content (AvgIpc) is 3.10. The summed E-state index contributed by atoms with van der Waals surface area (Å²) in [7, 11) is 0. The SMILES string of the molecule is O=C(NC1CCCCC1)c1ccn(COc2ccc([N+](=O)[O-])cc2Cl)n1. The van der Waals surface area contributed by atoms with Gasteiger partial charge in [0.2, 0.25) is 0 Å². The van der Waals surface area contributed by atoms with Crippen LogP contribution in [0.25, 0.3) is 0 Å². The lowest BCUT2D eigenvalue weighted by Gasteiger charge is -2.22. The smallest absolute Gasteiger partial charge is 0.271 e. The Balaban J connectivity index is 1.56. The van der Waals surface area contributed by atoms with Gasteiger partial charge in [0.25, 0.3) is 11.6 Å². The van der Waals surface area contributed by atoms with Crippen molar-refractivity contribution in [1.29, 1.82) is 0 Å². The molecule has 9 heteroatoms. The Morgan fingerprint density at radius 1 is 1.35 bits per heavy atom. The number of carbonyl (C=O) groups is 1. The summed E-state index contributed by atoms with van der Waals surface area (Å²) in [5, 5.41) is 18.0. The Morgan fingerprint density at radius 3 is 2.81 bits per heavy atom. The molecule has 1 aromatic heterocycles. The van der Waals surface area contributed by atoms with Gasteiger partial charge in [0.15, 0.2) is 6.73 Å². The second-order valence-electron chi connectivity index (χ2n) is 6.19. The zero-order valence-electron chi connectivity index (χ0n) is 14.1. The molecule has 3 rings (SSSR count). The van der Waals surface area contributed by atoms with Crippen molar-refractivity contribution in [2.45, 2.75) is 44.9 Å². The number of nitrogens with one attached hydrogen (secondary N) is 1. The van der Waals surface area contributed by atoms with Gasteiger partial charge in [0, 0.05) is 24.4 Å². The predicted octanol–water partition coefficient (Wildman–Crippen LogP) is 3.54. The Bertz CT molecular complexity index is 802. The number of halogens is 1. The topological polar surface area (TPSA) is 99.3 Å². The summed E-state index contributed by atoms with van der Waals surface area (Å²) in [5.74, 6) is 0.116. The van der Waals surface area contributed by atoms with Crippen LogP contribution in [0.15, 0.2) is 30.5 Å². The highest BCUT2D eigenvalue weighted by molar-refractivity contribution is 6.32. The summed E-state index contributed by atoms with van der Waals surface area (Å²) in [5.41, 5.74) is 0.220. The molecule has 26 heavy (non-hydrogen) atoms. The van der Waals surface area contributed by atoms with E-state index in [4.69, 9.17) is 16.3 Å². The molecule has 1 fully saturated rings. The molecule has 138 valence electrons. The highest BCUT2D eigenvalue weighted by Crippen LogP contribution is 2.28. The van der Waals surface area contributed by atoms with Gasteiger partial charge in [-0.25, -0.2) is 4.68 Å². The van der Waals surface area contributed by atoms with E-state index >= 15 is 0 Å². The van der Waals surface area contributed by atoms with Crippen LogP contribution in [0.2, 0.25) is 5.02 Å². The first-order chi connectivity index (χ1) is 12.5. The first kappa shape index (κ1) is 18.2. The Kier molecular flexibility index (Phi) is 5.72. The van der Waals surface area contributed by atoms with E-state index < -0.39 is 4.92 Å². The van der Waals surface area contributed by atoms with Crippen LogP contribution in [-0.4, -0.2) is 26.7 Å². The van der Waals surface area contributed by atoms with Crippen molar-refractivity contribution in [1.82, 2.24) is 15.1 Å².